The van der Waals surface area contributed by atoms with Gasteiger partial charge in [-0.2, -0.15) is 5.26 Å². The van der Waals surface area contributed by atoms with Crippen molar-refractivity contribution in [1.29, 1.82) is 5.26 Å². The van der Waals surface area contributed by atoms with E-state index in [4.69, 9.17) is 4.74 Å². The summed E-state index contributed by atoms with van der Waals surface area (Å²) in [6.45, 7) is 4.48. The third kappa shape index (κ3) is 4.11. The van der Waals surface area contributed by atoms with Crippen LogP contribution in [0.4, 0.5) is 0 Å². The number of methoxy groups -OCH3 is 1. The average molecular weight is 343 g/mol. The summed E-state index contributed by atoms with van der Waals surface area (Å²) in [5.74, 6) is -0.0945. The largest absolute Gasteiger partial charge is 0.496 e. The van der Waals surface area contributed by atoms with Crippen LogP contribution < -0.4 is 10.1 Å². The fraction of sp³-hybridized carbons (Fsp3) is 0.526. The van der Waals surface area contributed by atoms with E-state index in [1.807, 2.05) is 13.8 Å². The molecule has 0 spiro atoms. The molecule has 1 aromatic carbocycles. The molecule has 1 aliphatic heterocycles. The molecule has 25 heavy (non-hydrogen) atoms. The summed E-state index contributed by atoms with van der Waals surface area (Å²) in [5, 5.41) is 12.1. The lowest BCUT2D eigenvalue weighted by Crippen LogP contribution is -2.52. The normalized spacial score (nSPS) is 19.0. The van der Waals surface area contributed by atoms with Crippen molar-refractivity contribution in [2.45, 2.75) is 45.2 Å². The Balaban J connectivity index is 2.22. The zero-order chi connectivity index (χ0) is 18.4. The van der Waals surface area contributed by atoms with E-state index in [0.717, 1.165) is 12.8 Å². The molecule has 1 fully saturated rings. The van der Waals surface area contributed by atoms with E-state index in [1.54, 1.807) is 29.2 Å². The van der Waals surface area contributed by atoms with Crippen LogP contribution in [0, 0.1) is 17.2 Å². The van der Waals surface area contributed by atoms with Crippen LogP contribution in [-0.4, -0.2) is 42.5 Å². The Bertz CT molecular complexity index is 668. The lowest BCUT2D eigenvalue weighted by Gasteiger charge is -2.29. The van der Waals surface area contributed by atoms with E-state index in [2.05, 4.69) is 11.4 Å². The van der Waals surface area contributed by atoms with Crippen molar-refractivity contribution in [3.63, 3.8) is 0 Å². The SMILES string of the molecule is CCC(C)[C@H](NC(=O)c1ccccc1OC)C(=O)N1CCCC1C#N. The van der Waals surface area contributed by atoms with Crippen LogP contribution in [-0.2, 0) is 4.79 Å². The Kier molecular flexibility index (Phi) is 6.40. The van der Waals surface area contributed by atoms with Gasteiger partial charge >= 0.3 is 0 Å². The molecule has 2 unspecified atom stereocenters. The second kappa shape index (κ2) is 8.52. The van der Waals surface area contributed by atoms with Crippen LogP contribution in [0.3, 0.4) is 0 Å². The lowest BCUT2D eigenvalue weighted by molar-refractivity contribution is -0.134. The van der Waals surface area contributed by atoms with E-state index in [9.17, 15) is 14.9 Å². The van der Waals surface area contributed by atoms with Gasteiger partial charge in [0.1, 0.15) is 17.8 Å². The summed E-state index contributed by atoms with van der Waals surface area (Å²) in [7, 11) is 1.51. The molecule has 1 heterocycles. The molecule has 0 aliphatic carbocycles. The van der Waals surface area contributed by atoms with Crippen LogP contribution in [0.1, 0.15) is 43.5 Å². The Morgan fingerprint density at radius 1 is 1.44 bits per heavy atom. The smallest absolute Gasteiger partial charge is 0.255 e. The van der Waals surface area contributed by atoms with Gasteiger partial charge in [-0.3, -0.25) is 9.59 Å². The number of benzene rings is 1. The first-order chi connectivity index (χ1) is 12.0. The first kappa shape index (κ1) is 18.8. The number of nitrogens with one attached hydrogen (secondary N) is 1. The molecule has 6 nitrogen and oxygen atoms in total. The number of nitrogens with zero attached hydrogens (tertiary/aromatic N) is 2. The highest BCUT2D eigenvalue weighted by Crippen LogP contribution is 2.22. The molecule has 1 aliphatic rings. The zero-order valence-electron chi connectivity index (χ0n) is 15.0. The van der Waals surface area contributed by atoms with Gasteiger partial charge in [0.25, 0.3) is 5.91 Å². The molecule has 134 valence electrons. The van der Waals surface area contributed by atoms with Gasteiger partial charge < -0.3 is 15.0 Å². The maximum Gasteiger partial charge on any atom is 0.255 e. The van der Waals surface area contributed by atoms with Crippen molar-refractivity contribution in [3.8, 4) is 11.8 Å². The standard InChI is InChI=1S/C19H25N3O3/c1-4-13(2)17(19(24)22-11-7-8-14(22)12-20)21-18(23)15-9-5-6-10-16(15)25-3/h5-6,9-10,13-14,17H,4,7-8,11H2,1-3H3,(H,21,23)/t13?,14?,17-/m0/s1. The summed E-state index contributed by atoms with van der Waals surface area (Å²) in [4.78, 5) is 27.3. The molecular weight excluding hydrogens is 318 g/mol. The summed E-state index contributed by atoms with van der Waals surface area (Å²) in [6.07, 6.45) is 2.25. The molecule has 1 saturated heterocycles. The van der Waals surface area contributed by atoms with Crippen molar-refractivity contribution >= 4 is 11.8 Å². The number of nitriles is 1. The lowest BCUT2D eigenvalue weighted by atomic mass is 9.97. The first-order valence-corrected chi connectivity index (χ1v) is 8.67. The number of amides is 2. The molecular formula is C19H25N3O3. The number of carbonyl (C=O) groups excluding carboxylic acids is 2. The number of carbonyl (C=O) groups is 2. The molecule has 1 aromatic rings. The van der Waals surface area contributed by atoms with Gasteiger partial charge in [-0.1, -0.05) is 32.4 Å². The quantitative estimate of drug-likeness (QED) is 0.859. The van der Waals surface area contributed by atoms with Crippen LogP contribution in [0.15, 0.2) is 24.3 Å². The van der Waals surface area contributed by atoms with Crippen LogP contribution in [0.25, 0.3) is 0 Å². The summed E-state index contributed by atoms with van der Waals surface area (Å²) < 4.78 is 5.23. The third-order valence-electron chi connectivity index (χ3n) is 4.80. The second-order valence-electron chi connectivity index (χ2n) is 6.36. The van der Waals surface area contributed by atoms with Gasteiger partial charge in [0.05, 0.1) is 18.7 Å². The minimum absolute atomic E-state index is 0.0360. The highest BCUT2D eigenvalue weighted by molar-refractivity contribution is 5.99. The Morgan fingerprint density at radius 2 is 2.16 bits per heavy atom. The van der Waals surface area contributed by atoms with E-state index in [0.29, 0.717) is 24.3 Å². The van der Waals surface area contributed by atoms with Crippen molar-refractivity contribution in [3.05, 3.63) is 29.8 Å². The molecule has 2 rings (SSSR count). The number of rotatable bonds is 6. The van der Waals surface area contributed by atoms with Crippen molar-refractivity contribution in [1.82, 2.24) is 10.2 Å². The number of ether oxygens (including phenoxy) is 1. The van der Waals surface area contributed by atoms with Crippen molar-refractivity contribution < 1.29 is 14.3 Å². The molecule has 6 heteroatoms. The number of para-hydroxylation sites is 1. The topological polar surface area (TPSA) is 82.4 Å². The molecule has 2 amide bonds. The highest BCUT2D eigenvalue weighted by Gasteiger charge is 2.36. The Hall–Kier alpha value is -2.55. The van der Waals surface area contributed by atoms with Gasteiger partial charge in [0.15, 0.2) is 0 Å². The summed E-state index contributed by atoms with van der Waals surface area (Å²) in [5.41, 5.74) is 0.393. The van der Waals surface area contributed by atoms with Gasteiger partial charge in [-0.25, -0.2) is 0 Å². The average Bonchev–Trinajstić information content (AvgIpc) is 3.13. The molecule has 0 saturated carbocycles. The fourth-order valence-electron chi connectivity index (χ4n) is 3.08. The van der Waals surface area contributed by atoms with Crippen LogP contribution in [0.5, 0.6) is 5.75 Å². The predicted molar refractivity (Wildman–Crippen MR) is 94.1 cm³/mol. The molecule has 1 N–H and O–H groups in total. The highest BCUT2D eigenvalue weighted by atomic mass is 16.5. The molecule has 0 bridgehead atoms. The third-order valence-corrected chi connectivity index (χ3v) is 4.80. The second-order valence-corrected chi connectivity index (χ2v) is 6.36. The van der Waals surface area contributed by atoms with Crippen LogP contribution >= 0.6 is 0 Å². The van der Waals surface area contributed by atoms with Crippen LogP contribution in [0.2, 0.25) is 0 Å². The minimum atomic E-state index is -0.656. The monoisotopic (exact) mass is 343 g/mol. The first-order valence-electron chi connectivity index (χ1n) is 8.67. The fourth-order valence-corrected chi connectivity index (χ4v) is 3.08. The predicted octanol–water partition coefficient (Wildman–Crippen LogP) is 2.35. The van der Waals surface area contributed by atoms with Gasteiger partial charge in [-0.15, -0.1) is 0 Å². The van der Waals surface area contributed by atoms with Gasteiger partial charge in [0.2, 0.25) is 5.91 Å². The molecule has 0 aromatic heterocycles. The van der Waals surface area contributed by atoms with Crippen molar-refractivity contribution in [2.75, 3.05) is 13.7 Å². The maximum absolute atomic E-state index is 13.0. The Labute approximate surface area is 148 Å². The number of hydrogen-bond acceptors (Lipinski definition) is 4. The minimum Gasteiger partial charge on any atom is -0.496 e. The van der Waals surface area contributed by atoms with E-state index >= 15 is 0 Å². The van der Waals surface area contributed by atoms with Crippen molar-refractivity contribution in [2.24, 2.45) is 5.92 Å². The molecule has 0 radical (unpaired) electrons. The Morgan fingerprint density at radius 3 is 2.80 bits per heavy atom. The van der Waals surface area contributed by atoms with E-state index in [-0.39, 0.29) is 17.7 Å². The molecule has 3 atom stereocenters. The van der Waals surface area contributed by atoms with Gasteiger partial charge in [0, 0.05) is 6.54 Å². The summed E-state index contributed by atoms with van der Waals surface area (Å²) >= 11 is 0. The van der Waals surface area contributed by atoms with E-state index in [1.165, 1.54) is 7.11 Å². The number of likely N-dealkylation sites (tertiary alicyclic amines) is 1. The summed E-state index contributed by atoms with van der Waals surface area (Å²) in [6, 6.07) is 8.04. The maximum atomic E-state index is 13.0. The number of hydrogen-bond donors (Lipinski definition) is 1. The van der Waals surface area contributed by atoms with Gasteiger partial charge in [-0.05, 0) is 30.9 Å². The zero-order valence-corrected chi connectivity index (χ0v) is 15.0. The van der Waals surface area contributed by atoms with E-state index < -0.39 is 12.1 Å².